The van der Waals surface area contributed by atoms with Gasteiger partial charge in [0.2, 0.25) is 17.7 Å². The topological polar surface area (TPSA) is 300 Å². The lowest BCUT2D eigenvalue weighted by atomic mass is 10.1. The fraction of sp³-hybridized carbons (Fsp3) is 0.647. The quantitative estimate of drug-likeness (QED) is 0.0571. The van der Waals surface area contributed by atoms with Gasteiger partial charge in [0.25, 0.3) is 0 Å². The number of guanidine groups is 2. The van der Waals surface area contributed by atoms with E-state index in [9.17, 15) is 24.3 Å². The molecule has 3 atom stereocenters. The second-order valence-corrected chi connectivity index (χ2v) is 6.92. The van der Waals surface area contributed by atoms with Gasteiger partial charge in [0, 0.05) is 13.1 Å². The zero-order valence-electron chi connectivity index (χ0n) is 18.2. The van der Waals surface area contributed by atoms with E-state index < -0.39 is 55.0 Å². The number of carbonyl (C=O) groups is 4. The number of aliphatic imine (C=N–C) groups is 2. The summed E-state index contributed by atoms with van der Waals surface area (Å²) in [6.07, 6.45) is 1.04. The van der Waals surface area contributed by atoms with E-state index in [0.29, 0.717) is 12.8 Å². The number of rotatable bonds is 16. The zero-order chi connectivity index (χ0) is 25.4. The fourth-order valence-corrected chi connectivity index (χ4v) is 2.45. The van der Waals surface area contributed by atoms with Crippen molar-refractivity contribution in [1.82, 2.24) is 16.0 Å². The van der Waals surface area contributed by atoms with Crippen molar-refractivity contribution >= 4 is 35.6 Å². The Morgan fingerprint density at radius 3 is 1.79 bits per heavy atom. The first kappa shape index (κ1) is 29.3. The fourth-order valence-electron chi connectivity index (χ4n) is 2.45. The molecule has 33 heavy (non-hydrogen) atoms. The maximum absolute atomic E-state index is 12.7. The minimum Gasteiger partial charge on any atom is -0.480 e. The number of aliphatic hydroxyl groups is 1. The number of nitrogens with zero attached hydrogens (tertiary/aromatic N) is 2. The second kappa shape index (κ2) is 16.0. The van der Waals surface area contributed by atoms with Crippen LogP contribution in [0.2, 0.25) is 0 Å². The van der Waals surface area contributed by atoms with E-state index in [0.717, 1.165) is 0 Å². The molecule has 0 spiro atoms. The highest BCUT2D eigenvalue weighted by molar-refractivity contribution is 5.93. The van der Waals surface area contributed by atoms with Crippen LogP contribution in [0.4, 0.5) is 0 Å². The zero-order valence-corrected chi connectivity index (χ0v) is 18.2. The highest BCUT2D eigenvalue weighted by Crippen LogP contribution is 2.03. The first-order chi connectivity index (χ1) is 15.5. The first-order valence-electron chi connectivity index (χ1n) is 10.0. The monoisotopic (exact) mass is 474 g/mol. The number of carbonyl (C=O) groups excluding carboxylic acids is 3. The van der Waals surface area contributed by atoms with E-state index >= 15 is 0 Å². The Morgan fingerprint density at radius 1 is 0.788 bits per heavy atom. The largest absolute Gasteiger partial charge is 0.480 e. The molecule has 0 radical (unpaired) electrons. The Labute approximate surface area is 190 Å². The summed E-state index contributed by atoms with van der Waals surface area (Å²) >= 11 is 0. The summed E-state index contributed by atoms with van der Waals surface area (Å²) in [6.45, 7) is -1.04. The van der Waals surface area contributed by atoms with Crippen LogP contribution < -0.4 is 44.6 Å². The van der Waals surface area contributed by atoms with Crippen LogP contribution in [0.25, 0.3) is 0 Å². The third-order valence-electron chi connectivity index (χ3n) is 4.11. The van der Waals surface area contributed by atoms with E-state index in [1.165, 1.54) is 0 Å². The van der Waals surface area contributed by atoms with Crippen molar-refractivity contribution in [3.63, 3.8) is 0 Å². The molecule has 0 rings (SSSR count). The van der Waals surface area contributed by atoms with Crippen molar-refractivity contribution in [2.45, 2.75) is 43.8 Å². The summed E-state index contributed by atoms with van der Waals surface area (Å²) in [4.78, 5) is 55.2. The van der Waals surface area contributed by atoms with Crippen LogP contribution >= 0.6 is 0 Å². The molecule has 15 N–H and O–H groups in total. The predicted molar refractivity (Wildman–Crippen MR) is 119 cm³/mol. The molecule has 0 aliphatic heterocycles. The third kappa shape index (κ3) is 14.1. The molecule has 3 unspecified atom stereocenters. The van der Waals surface area contributed by atoms with Gasteiger partial charge in [0.05, 0.1) is 12.6 Å². The predicted octanol–water partition coefficient (Wildman–Crippen LogP) is -5.42. The molecule has 0 fully saturated rings. The maximum atomic E-state index is 12.7. The van der Waals surface area contributed by atoms with Gasteiger partial charge in [-0.3, -0.25) is 29.2 Å². The summed E-state index contributed by atoms with van der Waals surface area (Å²) in [5, 5.41) is 24.8. The molecule has 16 heteroatoms. The van der Waals surface area contributed by atoms with Crippen molar-refractivity contribution in [2.75, 3.05) is 26.2 Å². The molecule has 0 aromatic rings. The number of carboxylic acid groups (broad SMARTS) is 1. The number of nitrogens with one attached hydrogen (secondary N) is 3. The molecule has 3 amide bonds. The van der Waals surface area contributed by atoms with Gasteiger partial charge >= 0.3 is 5.97 Å². The molecule has 0 aliphatic carbocycles. The lowest BCUT2D eigenvalue weighted by Crippen LogP contribution is -2.57. The summed E-state index contributed by atoms with van der Waals surface area (Å²) < 4.78 is 0. The Morgan fingerprint density at radius 2 is 1.30 bits per heavy atom. The van der Waals surface area contributed by atoms with Crippen molar-refractivity contribution in [3.05, 3.63) is 0 Å². The minimum atomic E-state index is -1.43. The van der Waals surface area contributed by atoms with Crippen molar-refractivity contribution in [1.29, 1.82) is 0 Å². The van der Waals surface area contributed by atoms with Crippen molar-refractivity contribution in [3.8, 4) is 0 Å². The van der Waals surface area contributed by atoms with E-state index in [2.05, 4.69) is 20.6 Å². The van der Waals surface area contributed by atoms with Crippen LogP contribution in [0, 0.1) is 0 Å². The molecule has 16 nitrogen and oxygen atoms in total. The minimum absolute atomic E-state index is 0.0867. The first-order valence-corrected chi connectivity index (χ1v) is 10.0. The smallest absolute Gasteiger partial charge is 0.322 e. The van der Waals surface area contributed by atoms with Gasteiger partial charge in [-0.2, -0.15) is 0 Å². The Bertz CT molecular complexity index is 721. The van der Waals surface area contributed by atoms with Crippen LogP contribution in [0.15, 0.2) is 9.98 Å². The molecule has 0 bridgehead atoms. The molecule has 188 valence electrons. The highest BCUT2D eigenvalue weighted by Gasteiger charge is 2.27. The number of amides is 3. The van der Waals surface area contributed by atoms with Gasteiger partial charge in [-0.25, -0.2) is 0 Å². The van der Waals surface area contributed by atoms with E-state index in [1.54, 1.807) is 0 Å². The summed E-state index contributed by atoms with van der Waals surface area (Å²) in [5.74, 6) is -3.85. The van der Waals surface area contributed by atoms with Crippen molar-refractivity contribution in [2.24, 2.45) is 38.7 Å². The Kier molecular flexibility index (Phi) is 14.3. The highest BCUT2D eigenvalue weighted by atomic mass is 16.4. The number of nitrogens with two attached hydrogens (primary N) is 5. The van der Waals surface area contributed by atoms with Crippen LogP contribution in [0.1, 0.15) is 25.7 Å². The van der Waals surface area contributed by atoms with Gasteiger partial charge in [-0.05, 0) is 25.7 Å². The summed E-state index contributed by atoms with van der Waals surface area (Å²) in [6, 6.07) is -3.52. The molecule has 0 aromatic carbocycles. The number of aliphatic hydroxyl groups excluding tert-OH is 1. The van der Waals surface area contributed by atoms with Gasteiger partial charge in [-0.1, -0.05) is 0 Å². The number of hydrogen-bond donors (Lipinski definition) is 10. The van der Waals surface area contributed by atoms with Gasteiger partial charge in [0.15, 0.2) is 11.9 Å². The Balaban J connectivity index is 5.10. The molecular formula is C17H34N10O6. The van der Waals surface area contributed by atoms with Gasteiger partial charge in [0.1, 0.15) is 18.6 Å². The summed E-state index contributed by atoms with van der Waals surface area (Å²) in [5.41, 5.74) is 26.8. The maximum Gasteiger partial charge on any atom is 0.322 e. The molecule has 0 saturated heterocycles. The molecular weight excluding hydrogens is 440 g/mol. The van der Waals surface area contributed by atoms with Crippen molar-refractivity contribution < 1.29 is 29.4 Å². The third-order valence-corrected chi connectivity index (χ3v) is 4.11. The van der Waals surface area contributed by atoms with E-state index in [4.69, 9.17) is 33.8 Å². The number of carboxylic acids is 1. The normalized spacial score (nSPS) is 13.0. The van der Waals surface area contributed by atoms with Crippen LogP contribution in [0.3, 0.4) is 0 Å². The lowest BCUT2D eigenvalue weighted by molar-refractivity contribution is -0.139. The molecule has 0 saturated carbocycles. The summed E-state index contributed by atoms with van der Waals surface area (Å²) in [7, 11) is 0. The number of hydrogen-bond acceptors (Lipinski definition) is 8. The average Bonchev–Trinajstić information content (AvgIpc) is 2.74. The standard InChI is InChI=1S/C17H34N10O6/c18-9(3-1-5-23-16(19)20)13(31)26-10(4-2-6-24-17(21)22)15(33)27-11(8-28)14(32)25-7-12(29)30/h9-11,28H,1-8,18H2,(H,25,32)(H,26,31)(H,27,33)(H,29,30)(H4,19,20,23)(H4,21,22,24). The van der Waals surface area contributed by atoms with Gasteiger partial charge < -0.3 is 54.8 Å². The van der Waals surface area contributed by atoms with Crippen LogP contribution in [-0.2, 0) is 19.2 Å². The van der Waals surface area contributed by atoms with Gasteiger partial charge in [-0.15, -0.1) is 0 Å². The van der Waals surface area contributed by atoms with E-state index in [-0.39, 0.29) is 37.9 Å². The second-order valence-electron chi connectivity index (χ2n) is 6.92. The van der Waals surface area contributed by atoms with E-state index in [1.807, 2.05) is 5.32 Å². The number of aliphatic carboxylic acids is 1. The Hall–Kier alpha value is -3.66. The SMILES string of the molecule is NC(N)=NCCCC(N)C(=O)NC(CCCN=C(N)N)C(=O)NC(CO)C(=O)NCC(=O)O. The molecule has 0 heterocycles. The van der Waals surface area contributed by atoms with Crippen LogP contribution in [0.5, 0.6) is 0 Å². The lowest BCUT2D eigenvalue weighted by Gasteiger charge is -2.23. The van der Waals surface area contributed by atoms with Crippen LogP contribution in [-0.4, -0.2) is 90.2 Å². The average molecular weight is 475 g/mol. The molecule has 0 aromatic heterocycles. The molecule has 0 aliphatic rings.